The highest BCUT2D eigenvalue weighted by Gasteiger charge is 2.19. The molecule has 0 saturated heterocycles. The summed E-state index contributed by atoms with van der Waals surface area (Å²) >= 11 is 0. The number of unbranched alkanes of at least 4 members (excludes halogenated alkanes) is 35. The van der Waals surface area contributed by atoms with Crippen LogP contribution in [0.5, 0.6) is 0 Å². The summed E-state index contributed by atoms with van der Waals surface area (Å²) in [6.45, 7) is 6.63. The van der Waals surface area contributed by atoms with Gasteiger partial charge in [-0.1, -0.05) is 245 Å². The van der Waals surface area contributed by atoms with E-state index in [1.807, 2.05) is 0 Å². The maximum atomic E-state index is 12.8. The first-order valence-corrected chi connectivity index (χ1v) is 26.2. The van der Waals surface area contributed by atoms with E-state index in [9.17, 15) is 14.4 Å². The lowest BCUT2D eigenvalue weighted by atomic mass is 10.0. The summed E-state index contributed by atoms with van der Waals surface area (Å²) < 4.78 is 16.8. The zero-order valence-corrected chi connectivity index (χ0v) is 39.8. The summed E-state index contributed by atoms with van der Waals surface area (Å²) in [5.41, 5.74) is 0. The number of esters is 3. The van der Waals surface area contributed by atoms with Gasteiger partial charge in [0.05, 0.1) is 0 Å². The summed E-state index contributed by atoms with van der Waals surface area (Å²) in [7, 11) is 0. The van der Waals surface area contributed by atoms with Crippen LogP contribution >= 0.6 is 0 Å². The zero-order valence-electron chi connectivity index (χ0n) is 39.8. The van der Waals surface area contributed by atoms with Gasteiger partial charge >= 0.3 is 17.9 Å². The Bertz CT molecular complexity index is 916. The third-order valence-corrected chi connectivity index (χ3v) is 11.8. The fourth-order valence-corrected chi connectivity index (χ4v) is 7.78. The van der Waals surface area contributed by atoms with Crippen LogP contribution in [0.1, 0.15) is 290 Å². The van der Waals surface area contributed by atoms with Crippen molar-refractivity contribution in [1.82, 2.24) is 0 Å². The molecular formula is C53H100O6. The highest BCUT2D eigenvalue weighted by Crippen LogP contribution is 2.17. The first kappa shape index (κ1) is 57.1. The highest BCUT2D eigenvalue weighted by atomic mass is 16.6. The third kappa shape index (κ3) is 47.1. The molecule has 6 heteroatoms. The summed E-state index contributed by atoms with van der Waals surface area (Å²) in [6, 6.07) is 0. The largest absolute Gasteiger partial charge is 0.462 e. The van der Waals surface area contributed by atoms with Crippen molar-refractivity contribution in [3.05, 3.63) is 12.2 Å². The van der Waals surface area contributed by atoms with Crippen LogP contribution in [0.25, 0.3) is 0 Å². The molecule has 6 nitrogen and oxygen atoms in total. The van der Waals surface area contributed by atoms with Gasteiger partial charge < -0.3 is 14.2 Å². The van der Waals surface area contributed by atoms with Crippen LogP contribution < -0.4 is 0 Å². The van der Waals surface area contributed by atoms with E-state index >= 15 is 0 Å². The molecule has 0 radical (unpaired) electrons. The van der Waals surface area contributed by atoms with Crippen LogP contribution in [0.2, 0.25) is 0 Å². The molecule has 0 aliphatic rings. The van der Waals surface area contributed by atoms with Crippen LogP contribution in [0, 0.1) is 0 Å². The monoisotopic (exact) mass is 833 g/mol. The van der Waals surface area contributed by atoms with Gasteiger partial charge in [-0.2, -0.15) is 0 Å². The summed E-state index contributed by atoms with van der Waals surface area (Å²) in [5, 5.41) is 0. The average molecular weight is 833 g/mol. The Morgan fingerprint density at radius 1 is 0.322 bits per heavy atom. The van der Waals surface area contributed by atoms with Crippen LogP contribution in [0.3, 0.4) is 0 Å². The maximum absolute atomic E-state index is 12.8. The van der Waals surface area contributed by atoms with Gasteiger partial charge in [-0.05, 0) is 38.5 Å². The summed E-state index contributed by atoms with van der Waals surface area (Å²) in [5.74, 6) is -0.865. The molecule has 0 heterocycles. The molecule has 1 atom stereocenters. The Morgan fingerprint density at radius 3 is 0.898 bits per heavy atom. The maximum Gasteiger partial charge on any atom is 0.306 e. The van der Waals surface area contributed by atoms with Crippen molar-refractivity contribution in [3.63, 3.8) is 0 Å². The lowest BCUT2D eigenvalue weighted by molar-refractivity contribution is -0.167. The van der Waals surface area contributed by atoms with Crippen molar-refractivity contribution < 1.29 is 28.6 Å². The average Bonchev–Trinajstić information content (AvgIpc) is 3.23. The van der Waals surface area contributed by atoms with Gasteiger partial charge in [0.2, 0.25) is 0 Å². The standard InChI is InChI=1S/C53H100O6/c1-4-7-10-13-16-19-22-24-26-28-29-31-34-37-40-43-46-52(55)58-49-50(48-57-51(54)45-42-39-36-33-21-18-15-12-9-6-3)59-53(56)47-44-41-38-35-32-30-27-25-23-20-17-14-11-8-5-2/h15,18,50H,4-14,16-17,19-49H2,1-3H3/b18-15-. The predicted octanol–water partition coefficient (Wildman–Crippen LogP) is 17.0. The molecule has 0 rings (SSSR count). The van der Waals surface area contributed by atoms with Crippen molar-refractivity contribution >= 4 is 17.9 Å². The Morgan fingerprint density at radius 2 is 0.576 bits per heavy atom. The van der Waals surface area contributed by atoms with Gasteiger partial charge in [0.25, 0.3) is 0 Å². The van der Waals surface area contributed by atoms with Crippen LogP contribution in [-0.4, -0.2) is 37.2 Å². The van der Waals surface area contributed by atoms with Gasteiger partial charge in [-0.25, -0.2) is 0 Å². The van der Waals surface area contributed by atoms with E-state index < -0.39 is 6.10 Å². The third-order valence-electron chi connectivity index (χ3n) is 11.8. The Kier molecular flexibility index (Phi) is 47.3. The molecule has 0 aromatic heterocycles. The molecule has 0 aromatic carbocycles. The highest BCUT2D eigenvalue weighted by molar-refractivity contribution is 5.71. The number of carbonyl (C=O) groups excluding carboxylic acids is 3. The molecule has 0 N–H and O–H groups in total. The first-order chi connectivity index (χ1) is 29.0. The van der Waals surface area contributed by atoms with Gasteiger partial charge in [0.15, 0.2) is 6.10 Å². The minimum Gasteiger partial charge on any atom is -0.462 e. The van der Waals surface area contributed by atoms with Crippen molar-refractivity contribution in [2.75, 3.05) is 13.2 Å². The van der Waals surface area contributed by atoms with Crippen LogP contribution in [-0.2, 0) is 28.6 Å². The number of ether oxygens (including phenoxy) is 3. The van der Waals surface area contributed by atoms with Crippen molar-refractivity contribution in [1.29, 1.82) is 0 Å². The fourth-order valence-electron chi connectivity index (χ4n) is 7.78. The van der Waals surface area contributed by atoms with Crippen LogP contribution in [0.15, 0.2) is 12.2 Å². The molecule has 0 saturated carbocycles. The van der Waals surface area contributed by atoms with E-state index in [4.69, 9.17) is 14.2 Å². The smallest absolute Gasteiger partial charge is 0.306 e. The first-order valence-electron chi connectivity index (χ1n) is 26.2. The molecular weight excluding hydrogens is 733 g/mol. The Labute approximate surface area is 367 Å². The Hall–Kier alpha value is -1.85. The molecule has 59 heavy (non-hydrogen) atoms. The molecule has 0 aromatic rings. The fraction of sp³-hybridized carbons (Fsp3) is 0.906. The number of rotatable bonds is 48. The lowest BCUT2D eigenvalue weighted by Gasteiger charge is -2.18. The summed E-state index contributed by atoms with van der Waals surface area (Å²) in [6.07, 6.45) is 53.4. The van der Waals surface area contributed by atoms with E-state index in [1.165, 1.54) is 173 Å². The molecule has 0 fully saturated rings. The van der Waals surface area contributed by atoms with E-state index in [2.05, 4.69) is 32.9 Å². The lowest BCUT2D eigenvalue weighted by Crippen LogP contribution is -2.30. The number of hydrogen-bond acceptors (Lipinski definition) is 6. The molecule has 0 spiro atoms. The van der Waals surface area contributed by atoms with Crippen molar-refractivity contribution in [3.8, 4) is 0 Å². The second kappa shape index (κ2) is 48.8. The zero-order chi connectivity index (χ0) is 43.0. The minimum atomic E-state index is -0.767. The quantitative estimate of drug-likeness (QED) is 0.0263. The van der Waals surface area contributed by atoms with Crippen molar-refractivity contribution in [2.45, 2.75) is 297 Å². The van der Waals surface area contributed by atoms with Gasteiger partial charge in [0.1, 0.15) is 13.2 Å². The molecule has 0 aliphatic heterocycles. The number of carbonyl (C=O) groups is 3. The van der Waals surface area contributed by atoms with Gasteiger partial charge in [-0.3, -0.25) is 14.4 Å². The summed E-state index contributed by atoms with van der Waals surface area (Å²) in [4.78, 5) is 37.9. The van der Waals surface area contributed by atoms with E-state index in [0.717, 1.165) is 77.0 Å². The van der Waals surface area contributed by atoms with Gasteiger partial charge in [0, 0.05) is 19.3 Å². The predicted molar refractivity (Wildman–Crippen MR) is 252 cm³/mol. The van der Waals surface area contributed by atoms with E-state index in [1.54, 1.807) is 0 Å². The number of hydrogen-bond donors (Lipinski definition) is 0. The molecule has 0 aliphatic carbocycles. The second-order valence-corrected chi connectivity index (χ2v) is 17.8. The molecule has 0 bridgehead atoms. The Balaban J connectivity index is 4.29. The van der Waals surface area contributed by atoms with Crippen LogP contribution in [0.4, 0.5) is 0 Å². The normalized spacial score (nSPS) is 12.0. The number of allylic oxidation sites excluding steroid dienone is 2. The molecule has 348 valence electrons. The molecule has 0 amide bonds. The van der Waals surface area contributed by atoms with E-state index in [-0.39, 0.29) is 31.1 Å². The van der Waals surface area contributed by atoms with E-state index in [0.29, 0.717) is 19.3 Å². The SMILES string of the molecule is CCCC/C=C\CCCCCCC(=O)OCC(COC(=O)CCCCCCCCCCCCCCCCCC)OC(=O)CCCCCCCCCCCCCCCCC. The topological polar surface area (TPSA) is 78.9 Å². The second-order valence-electron chi connectivity index (χ2n) is 17.8. The molecule has 1 unspecified atom stereocenters. The van der Waals surface area contributed by atoms with Crippen molar-refractivity contribution in [2.24, 2.45) is 0 Å². The minimum absolute atomic E-state index is 0.0681. The van der Waals surface area contributed by atoms with Gasteiger partial charge in [-0.15, -0.1) is 0 Å².